The van der Waals surface area contributed by atoms with Gasteiger partial charge in [0.15, 0.2) is 0 Å². The van der Waals surface area contributed by atoms with Crippen LogP contribution in [0.5, 0.6) is 0 Å². The lowest BCUT2D eigenvalue weighted by molar-refractivity contribution is 0.0172. The smallest absolute Gasteiger partial charge is 0.0770 e. The molecule has 0 aromatic rings. The van der Waals surface area contributed by atoms with Crippen LogP contribution in [0.3, 0.4) is 0 Å². The van der Waals surface area contributed by atoms with Crippen molar-refractivity contribution in [1.29, 1.82) is 0 Å². The van der Waals surface area contributed by atoms with Crippen molar-refractivity contribution in [2.75, 3.05) is 41.3 Å². The second-order valence-corrected chi connectivity index (χ2v) is 5.82. The fraction of sp³-hybridized carbons (Fsp3) is 1.00. The molecule has 0 rings (SSSR count). The molecule has 0 spiro atoms. The second-order valence-electron chi connectivity index (χ2n) is 5.82. The molecular weight excluding hydrogens is 214 g/mol. The van der Waals surface area contributed by atoms with Crippen LogP contribution in [0.2, 0.25) is 0 Å². The molecular formula is C13H31N3O. The van der Waals surface area contributed by atoms with Gasteiger partial charge in [-0.05, 0) is 73.9 Å². The number of hydrogen-bond acceptors (Lipinski definition) is 4. The van der Waals surface area contributed by atoms with Gasteiger partial charge < -0.3 is 20.6 Å². The van der Waals surface area contributed by atoms with Crippen LogP contribution in [0.1, 0.15) is 32.6 Å². The van der Waals surface area contributed by atoms with Gasteiger partial charge in [0.2, 0.25) is 0 Å². The predicted molar refractivity (Wildman–Crippen MR) is 74.2 cm³/mol. The summed E-state index contributed by atoms with van der Waals surface area (Å²) in [5.41, 5.74) is 5.34. The van der Waals surface area contributed by atoms with Crippen molar-refractivity contribution >= 4 is 0 Å². The van der Waals surface area contributed by atoms with E-state index < -0.39 is 5.60 Å². The molecule has 2 atom stereocenters. The number of rotatable bonds is 9. The Morgan fingerprint density at radius 2 is 1.53 bits per heavy atom. The SMILES string of the molecule is CN(C)CCCC(N)C(C)(O)CCCN(C)C. The molecule has 4 heteroatoms. The third-order valence-electron chi connectivity index (χ3n) is 3.21. The van der Waals surface area contributed by atoms with E-state index in [1.807, 2.05) is 21.0 Å². The molecule has 0 aromatic carbocycles. The van der Waals surface area contributed by atoms with E-state index in [-0.39, 0.29) is 6.04 Å². The highest BCUT2D eigenvalue weighted by Gasteiger charge is 2.27. The highest BCUT2D eigenvalue weighted by molar-refractivity contribution is 4.85. The Morgan fingerprint density at radius 1 is 1.06 bits per heavy atom. The standard InChI is InChI=1S/C13H31N3O/c1-13(17,9-7-11-16(4)5)12(14)8-6-10-15(2)3/h12,17H,6-11,14H2,1-5H3. The van der Waals surface area contributed by atoms with Crippen LogP contribution in [-0.2, 0) is 0 Å². The summed E-state index contributed by atoms with van der Waals surface area (Å²) >= 11 is 0. The van der Waals surface area contributed by atoms with E-state index in [1.165, 1.54) is 0 Å². The van der Waals surface area contributed by atoms with Gasteiger partial charge in [-0.2, -0.15) is 0 Å². The van der Waals surface area contributed by atoms with Crippen LogP contribution < -0.4 is 5.73 Å². The van der Waals surface area contributed by atoms with Gasteiger partial charge in [-0.25, -0.2) is 0 Å². The molecule has 3 N–H and O–H groups in total. The van der Waals surface area contributed by atoms with Crippen LogP contribution in [0.4, 0.5) is 0 Å². The van der Waals surface area contributed by atoms with Crippen LogP contribution in [0.25, 0.3) is 0 Å². The fourth-order valence-corrected chi connectivity index (χ4v) is 1.88. The van der Waals surface area contributed by atoms with Crippen LogP contribution in [0.15, 0.2) is 0 Å². The maximum absolute atomic E-state index is 10.3. The molecule has 104 valence electrons. The van der Waals surface area contributed by atoms with Gasteiger partial charge in [-0.1, -0.05) is 0 Å². The van der Waals surface area contributed by atoms with Crippen LogP contribution in [-0.4, -0.2) is 67.8 Å². The van der Waals surface area contributed by atoms with Gasteiger partial charge in [-0.15, -0.1) is 0 Å². The predicted octanol–water partition coefficient (Wildman–Crippen LogP) is 0.748. The molecule has 0 aliphatic heterocycles. The van der Waals surface area contributed by atoms with Gasteiger partial charge in [-0.3, -0.25) is 0 Å². The third-order valence-corrected chi connectivity index (χ3v) is 3.21. The van der Waals surface area contributed by atoms with Gasteiger partial charge in [0.25, 0.3) is 0 Å². The van der Waals surface area contributed by atoms with Gasteiger partial charge >= 0.3 is 0 Å². The molecule has 0 aliphatic carbocycles. The highest BCUT2D eigenvalue weighted by atomic mass is 16.3. The summed E-state index contributed by atoms with van der Waals surface area (Å²) in [7, 11) is 8.21. The summed E-state index contributed by atoms with van der Waals surface area (Å²) in [6, 6.07) is -0.121. The molecule has 0 amide bonds. The average molecular weight is 245 g/mol. The Hall–Kier alpha value is -0.160. The zero-order valence-corrected chi connectivity index (χ0v) is 12.2. The Labute approximate surface area is 107 Å². The first-order valence-electron chi connectivity index (χ1n) is 6.53. The lowest BCUT2D eigenvalue weighted by Crippen LogP contribution is -2.46. The summed E-state index contributed by atoms with van der Waals surface area (Å²) < 4.78 is 0. The molecule has 0 saturated carbocycles. The first kappa shape index (κ1) is 16.8. The van der Waals surface area contributed by atoms with E-state index in [9.17, 15) is 5.11 Å². The quantitative estimate of drug-likeness (QED) is 0.629. The molecule has 0 aromatic heterocycles. The Bertz CT molecular complexity index is 193. The molecule has 4 nitrogen and oxygen atoms in total. The van der Waals surface area contributed by atoms with E-state index >= 15 is 0 Å². The van der Waals surface area contributed by atoms with Crippen molar-refractivity contribution in [3.63, 3.8) is 0 Å². The van der Waals surface area contributed by atoms with E-state index in [1.54, 1.807) is 0 Å². The van der Waals surface area contributed by atoms with Crippen molar-refractivity contribution < 1.29 is 5.11 Å². The monoisotopic (exact) mass is 245 g/mol. The molecule has 0 bridgehead atoms. The van der Waals surface area contributed by atoms with Gasteiger partial charge in [0.1, 0.15) is 0 Å². The summed E-state index contributed by atoms with van der Waals surface area (Å²) in [6.45, 7) is 3.89. The van der Waals surface area contributed by atoms with Crippen molar-refractivity contribution in [3.05, 3.63) is 0 Å². The normalized spacial score (nSPS) is 17.5. The van der Waals surface area contributed by atoms with E-state index in [2.05, 4.69) is 23.9 Å². The minimum Gasteiger partial charge on any atom is -0.389 e. The number of nitrogens with two attached hydrogens (primary N) is 1. The zero-order valence-electron chi connectivity index (χ0n) is 12.2. The van der Waals surface area contributed by atoms with E-state index in [4.69, 9.17) is 5.73 Å². The molecule has 0 fully saturated rings. The second kappa shape index (κ2) is 8.03. The van der Waals surface area contributed by atoms with Gasteiger partial charge in [0, 0.05) is 6.04 Å². The lowest BCUT2D eigenvalue weighted by Gasteiger charge is -2.31. The van der Waals surface area contributed by atoms with E-state index in [0.29, 0.717) is 0 Å². The fourth-order valence-electron chi connectivity index (χ4n) is 1.88. The van der Waals surface area contributed by atoms with Crippen molar-refractivity contribution in [1.82, 2.24) is 9.80 Å². The summed E-state index contributed by atoms with van der Waals surface area (Å²) in [6.07, 6.45) is 3.68. The zero-order chi connectivity index (χ0) is 13.5. The van der Waals surface area contributed by atoms with Gasteiger partial charge in [0.05, 0.1) is 5.60 Å². The third kappa shape index (κ3) is 8.55. The minimum absolute atomic E-state index is 0.121. The molecule has 0 radical (unpaired) electrons. The number of aliphatic hydroxyl groups is 1. The van der Waals surface area contributed by atoms with Crippen molar-refractivity contribution in [2.24, 2.45) is 5.73 Å². The number of hydrogen-bond donors (Lipinski definition) is 2. The first-order valence-corrected chi connectivity index (χ1v) is 6.53. The topological polar surface area (TPSA) is 52.7 Å². The molecule has 2 unspecified atom stereocenters. The summed E-state index contributed by atoms with van der Waals surface area (Å²) in [4.78, 5) is 4.28. The first-order chi connectivity index (χ1) is 7.75. The summed E-state index contributed by atoms with van der Waals surface area (Å²) in [5, 5.41) is 10.3. The molecule has 0 aliphatic rings. The van der Waals surface area contributed by atoms with Crippen LogP contribution in [0, 0.1) is 0 Å². The van der Waals surface area contributed by atoms with Crippen molar-refractivity contribution in [2.45, 2.75) is 44.2 Å². The van der Waals surface area contributed by atoms with Crippen LogP contribution >= 0.6 is 0 Å². The maximum atomic E-state index is 10.3. The van der Waals surface area contributed by atoms with E-state index in [0.717, 1.165) is 38.8 Å². The van der Waals surface area contributed by atoms with Crippen molar-refractivity contribution in [3.8, 4) is 0 Å². The summed E-state index contributed by atoms with van der Waals surface area (Å²) in [5.74, 6) is 0. The lowest BCUT2D eigenvalue weighted by atomic mass is 9.89. The Balaban J connectivity index is 3.85. The number of nitrogens with zero attached hydrogens (tertiary/aromatic N) is 2. The molecule has 0 heterocycles. The Kier molecular flexibility index (Phi) is 7.96. The largest absolute Gasteiger partial charge is 0.389 e. The molecule has 17 heavy (non-hydrogen) atoms. The maximum Gasteiger partial charge on any atom is 0.0770 e. The average Bonchev–Trinajstić information content (AvgIpc) is 2.15. The minimum atomic E-state index is -0.734. The Morgan fingerprint density at radius 3 is 2.00 bits per heavy atom. The highest BCUT2D eigenvalue weighted by Crippen LogP contribution is 2.19. The molecule has 0 saturated heterocycles.